The third kappa shape index (κ3) is 3.96. The molecule has 0 N–H and O–H groups in total. The summed E-state index contributed by atoms with van der Waals surface area (Å²) in [5.74, 6) is 0.778. The van der Waals surface area contributed by atoms with Crippen LogP contribution < -0.4 is 14.4 Å². The van der Waals surface area contributed by atoms with Crippen molar-refractivity contribution in [3.63, 3.8) is 0 Å². The van der Waals surface area contributed by atoms with Crippen LogP contribution in [0.2, 0.25) is 0 Å². The first-order valence-electron chi connectivity index (χ1n) is 9.20. The first-order valence-corrected chi connectivity index (χ1v) is 10.6. The Hall–Kier alpha value is -2.92. The molecule has 0 atom stereocenters. The van der Waals surface area contributed by atoms with Crippen LogP contribution in [-0.4, -0.2) is 62.0 Å². The normalized spacial score (nSPS) is 17.6. The Morgan fingerprint density at radius 3 is 2.38 bits per heavy atom. The fourth-order valence-electron chi connectivity index (χ4n) is 3.31. The highest BCUT2D eigenvalue weighted by Gasteiger charge is 2.30. The van der Waals surface area contributed by atoms with E-state index in [1.54, 1.807) is 12.1 Å². The van der Waals surface area contributed by atoms with E-state index >= 15 is 0 Å². The van der Waals surface area contributed by atoms with Crippen molar-refractivity contribution in [1.29, 1.82) is 0 Å². The van der Waals surface area contributed by atoms with Gasteiger partial charge in [-0.15, -0.1) is 0 Å². The van der Waals surface area contributed by atoms with E-state index in [1.165, 1.54) is 28.7 Å². The van der Waals surface area contributed by atoms with Gasteiger partial charge in [-0.05, 0) is 28.1 Å². The molecule has 1 fully saturated rings. The highest BCUT2D eigenvalue weighted by atomic mass is 32.2. The molecule has 0 unspecified atom stereocenters. The number of nitrogens with zero attached hydrogens (tertiary/aromatic N) is 4. The van der Waals surface area contributed by atoms with Gasteiger partial charge in [-0.1, -0.05) is 0 Å². The van der Waals surface area contributed by atoms with Crippen LogP contribution in [0.3, 0.4) is 0 Å². The van der Waals surface area contributed by atoms with E-state index in [4.69, 9.17) is 9.47 Å². The number of sulfonamides is 1. The average molecular weight is 420 g/mol. The Bertz CT molecular complexity index is 1000. The van der Waals surface area contributed by atoms with E-state index in [9.17, 15) is 18.5 Å². The Morgan fingerprint density at radius 2 is 1.72 bits per heavy atom. The van der Waals surface area contributed by atoms with Gasteiger partial charge in [0.2, 0.25) is 10.0 Å². The third-order valence-corrected chi connectivity index (χ3v) is 6.77. The number of pyridine rings is 1. The van der Waals surface area contributed by atoms with E-state index in [2.05, 4.69) is 4.98 Å². The molecule has 11 heteroatoms. The van der Waals surface area contributed by atoms with Crippen LogP contribution in [-0.2, 0) is 10.0 Å². The van der Waals surface area contributed by atoms with Crippen LogP contribution in [0, 0.1) is 10.1 Å². The zero-order valence-corrected chi connectivity index (χ0v) is 16.4. The van der Waals surface area contributed by atoms with Crippen LogP contribution in [0.4, 0.5) is 11.5 Å². The van der Waals surface area contributed by atoms with Gasteiger partial charge in [-0.3, -0.25) is 0 Å². The van der Waals surface area contributed by atoms with E-state index in [0.29, 0.717) is 50.9 Å². The lowest BCUT2D eigenvalue weighted by atomic mass is 10.3. The molecule has 0 aliphatic carbocycles. The van der Waals surface area contributed by atoms with Crippen molar-refractivity contribution < 1.29 is 22.8 Å². The molecule has 10 nitrogen and oxygen atoms in total. The van der Waals surface area contributed by atoms with Crippen LogP contribution >= 0.6 is 0 Å². The number of anilines is 1. The SMILES string of the molecule is O=[N+]([O-])c1ccc(N2CCN(S(=O)(=O)c3ccc4c(c3)OCCCO4)CC2)cn1. The molecule has 2 aliphatic heterocycles. The van der Waals surface area contributed by atoms with Gasteiger partial charge in [-0.25, -0.2) is 8.42 Å². The molecule has 0 spiro atoms. The van der Waals surface area contributed by atoms with Crippen molar-refractivity contribution >= 4 is 21.5 Å². The van der Waals surface area contributed by atoms with Gasteiger partial charge in [0.05, 0.1) is 23.8 Å². The Labute approximate surface area is 167 Å². The van der Waals surface area contributed by atoms with Crippen molar-refractivity contribution in [2.24, 2.45) is 0 Å². The van der Waals surface area contributed by atoms with E-state index in [-0.39, 0.29) is 10.7 Å². The molecule has 0 amide bonds. The predicted octanol–water partition coefficient (Wildman–Crippen LogP) is 1.66. The molecule has 0 saturated carbocycles. The number of piperazine rings is 1. The minimum atomic E-state index is -3.66. The van der Waals surface area contributed by atoms with Crippen molar-refractivity contribution in [3.8, 4) is 11.5 Å². The number of aromatic nitrogens is 1. The van der Waals surface area contributed by atoms with Crippen molar-refractivity contribution in [3.05, 3.63) is 46.6 Å². The lowest BCUT2D eigenvalue weighted by molar-refractivity contribution is -0.389. The number of fused-ring (bicyclic) bond motifs is 1. The Kier molecular flexibility index (Phi) is 5.24. The second kappa shape index (κ2) is 7.84. The van der Waals surface area contributed by atoms with Crippen molar-refractivity contribution in [1.82, 2.24) is 9.29 Å². The van der Waals surface area contributed by atoms with E-state index in [1.807, 2.05) is 4.90 Å². The second-order valence-electron chi connectivity index (χ2n) is 6.68. The van der Waals surface area contributed by atoms with Gasteiger partial charge in [0.1, 0.15) is 0 Å². The summed E-state index contributed by atoms with van der Waals surface area (Å²) in [6.07, 6.45) is 2.18. The molecule has 0 radical (unpaired) electrons. The first kappa shape index (κ1) is 19.4. The number of nitro groups is 1. The van der Waals surface area contributed by atoms with E-state index in [0.717, 1.165) is 12.1 Å². The third-order valence-electron chi connectivity index (χ3n) is 4.88. The predicted molar refractivity (Wildman–Crippen MR) is 104 cm³/mol. The molecular weight excluding hydrogens is 400 g/mol. The van der Waals surface area contributed by atoms with Gasteiger partial charge >= 0.3 is 5.82 Å². The summed E-state index contributed by atoms with van der Waals surface area (Å²) in [5.41, 5.74) is 0.725. The van der Waals surface area contributed by atoms with Crippen LogP contribution in [0.25, 0.3) is 0 Å². The molecule has 4 rings (SSSR count). The zero-order valence-electron chi connectivity index (χ0n) is 15.6. The van der Waals surface area contributed by atoms with Crippen molar-refractivity contribution in [2.45, 2.75) is 11.3 Å². The lowest BCUT2D eigenvalue weighted by Gasteiger charge is -2.34. The van der Waals surface area contributed by atoms with Crippen LogP contribution in [0.5, 0.6) is 11.5 Å². The second-order valence-corrected chi connectivity index (χ2v) is 8.62. The molecule has 29 heavy (non-hydrogen) atoms. The number of hydrogen-bond acceptors (Lipinski definition) is 8. The Balaban J connectivity index is 1.46. The lowest BCUT2D eigenvalue weighted by Crippen LogP contribution is -2.48. The summed E-state index contributed by atoms with van der Waals surface area (Å²) in [6, 6.07) is 7.65. The molecular formula is C18H20N4O6S. The largest absolute Gasteiger partial charge is 0.490 e. The molecule has 2 aliphatic rings. The summed E-state index contributed by atoms with van der Waals surface area (Å²) in [7, 11) is -3.66. The summed E-state index contributed by atoms with van der Waals surface area (Å²) < 4.78 is 38.7. The molecule has 1 aromatic heterocycles. The van der Waals surface area contributed by atoms with Crippen molar-refractivity contribution in [2.75, 3.05) is 44.3 Å². The molecule has 1 saturated heterocycles. The van der Waals surface area contributed by atoms with Crippen LogP contribution in [0.1, 0.15) is 6.42 Å². The van der Waals surface area contributed by atoms with Gasteiger partial charge in [-0.2, -0.15) is 4.31 Å². The highest BCUT2D eigenvalue weighted by molar-refractivity contribution is 7.89. The van der Waals surface area contributed by atoms with Gasteiger partial charge in [0.25, 0.3) is 0 Å². The molecule has 0 bridgehead atoms. The molecule has 3 heterocycles. The highest BCUT2D eigenvalue weighted by Crippen LogP contribution is 2.33. The minimum absolute atomic E-state index is 0.173. The standard InChI is InChI=1S/C18H20N4O6S/c23-22(24)18-5-2-14(13-19-18)20-6-8-21(9-7-20)29(25,26)15-3-4-16-17(12-15)28-11-1-10-27-16/h2-5,12-13H,1,6-11H2. The monoisotopic (exact) mass is 420 g/mol. The average Bonchev–Trinajstić information content (AvgIpc) is 2.99. The molecule has 154 valence electrons. The summed E-state index contributed by atoms with van der Waals surface area (Å²) in [6.45, 7) is 2.55. The van der Waals surface area contributed by atoms with Crippen LogP contribution in [0.15, 0.2) is 41.4 Å². The number of benzene rings is 1. The Morgan fingerprint density at radius 1 is 1.00 bits per heavy atom. The number of hydrogen-bond donors (Lipinski definition) is 0. The quantitative estimate of drug-likeness (QED) is 0.542. The van der Waals surface area contributed by atoms with E-state index < -0.39 is 14.9 Å². The van der Waals surface area contributed by atoms with Gasteiger partial charge < -0.3 is 24.5 Å². The maximum absolute atomic E-state index is 13.0. The molecule has 1 aromatic carbocycles. The van der Waals surface area contributed by atoms with Gasteiger partial charge in [0.15, 0.2) is 17.7 Å². The summed E-state index contributed by atoms with van der Waals surface area (Å²) in [5, 5.41) is 10.7. The zero-order chi connectivity index (χ0) is 20.4. The summed E-state index contributed by atoms with van der Waals surface area (Å²) >= 11 is 0. The smallest absolute Gasteiger partial charge is 0.363 e. The minimum Gasteiger partial charge on any atom is -0.490 e. The topological polar surface area (TPSA) is 115 Å². The maximum Gasteiger partial charge on any atom is 0.363 e. The molecule has 2 aromatic rings. The fraction of sp³-hybridized carbons (Fsp3) is 0.389. The van der Waals surface area contributed by atoms with Gasteiger partial charge in [0, 0.05) is 44.7 Å². The maximum atomic E-state index is 13.0. The fourth-order valence-corrected chi connectivity index (χ4v) is 4.75. The number of ether oxygens (including phenoxy) is 2. The summed E-state index contributed by atoms with van der Waals surface area (Å²) in [4.78, 5) is 16.1. The first-order chi connectivity index (χ1) is 13.9. The number of rotatable bonds is 4.